The zero-order chi connectivity index (χ0) is 12.0. The first-order chi connectivity index (χ1) is 5.75. The van der Waals surface area contributed by atoms with Gasteiger partial charge in [0.2, 0.25) is 0 Å². The first-order valence-corrected chi connectivity index (χ1v) is 7.73. The van der Waals surface area contributed by atoms with Crippen molar-refractivity contribution in [2.24, 2.45) is 0 Å². The molecule has 14 heavy (non-hydrogen) atoms. The predicted octanol–water partition coefficient (Wildman–Crippen LogP) is 5.34. The van der Waals surface area contributed by atoms with Crippen LogP contribution in [0.25, 0.3) is 0 Å². The molecular formula is C12H27ClS. The van der Waals surface area contributed by atoms with Gasteiger partial charge in [0.15, 0.2) is 0 Å². The van der Waals surface area contributed by atoms with E-state index >= 15 is 0 Å². The third-order valence-electron chi connectivity index (χ3n) is 2.53. The van der Waals surface area contributed by atoms with E-state index in [-0.39, 0.29) is 14.2 Å². The number of hydrogen-bond donors (Lipinski definition) is 0. The molecule has 0 aliphatic carbocycles. The van der Waals surface area contributed by atoms with Crippen LogP contribution < -0.4 is 0 Å². The van der Waals surface area contributed by atoms with Gasteiger partial charge in [-0.05, 0) is 0 Å². The number of rotatable bonds is 0. The van der Waals surface area contributed by atoms with Crippen LogP contribution in [-0.4, -0.2) is 14.2 Å². The van der Waals surface area contributed by atoms with Crippen LogP contribution in [0.15, 0.2) is 0 Å². The minimum atomic E-state index is -1.22. The molecule has 0 spiro atoms. The molecule has 0 rings (SSSR count). The highest BCUT2D eigenvalue weighted by Gasteiger charge is 2.51. The summed E-state index contributed by atoms with van der Waals surface area (Å²) in [6, 6.07) is 0. The average Bonchev–Trinajstić information content (AvgIpc) is 1.77. The zero-order valence-electron chi connectivity index (χ0n) is 11.3. The molecule has 0 aliphatic rings. The van der Waals surface area contributed by atoms with Crippen molar-refractivity contribution in [3.63, 3.8) is 0 Å². The highest BCUT2D eigenvalue weighted by Crippen LogP contribution is 2.77. The molecule has 0 amide bonds. The summed E-state index contributed by atoms with van der Waals surface area (Å²) in [4.78, 5) is 0. The molecule has 2 heteroatoms. The first kappa shape index (κ1) is 14.6. The van der Waals surface area contributed by atoms with E-state index in [4.69, 9.17) is 10.7 Å². The molecule has 0 unspecified atom stereocenters. The standard InChI is InChI=1S/C12H27ClS/c1-10(2,3)14(13,11(4,5)6)12(7,8)9/h1-9H3. The van der Waals surface area contributed by atoms with Crippen molar-refractivity contribution in [2.45, 2.75) is 76.6 Å². The molecule has 0 aromatic rings. The van der Waals surface area contributed by atoms with E-state index in [1.54, 1.807) is 0 Å². The third-order valence-corrected chi connectivity index (χ3v) is 11.8. The van der Waals surface area contributed by atoms with Crippen molar-refractivity contribution in [1.82, 2.24) is 0 Å². The van der Waals surface area contributed by atoms with Crippen LogP contribution in [0, 0.1) is 0 Å². The molecule has 0 nitrogen and oxygen atoms in total. The predicted molar refractivity (Wildman–Crippen MR) is 72.7 cm³/mol. The summed E-state index contributed by atoms with van der Waals surface area (Å²) in [5.41, 5.74) is 0. The Morgan fingerprint density at radius 1 is 0.571 bits per heavy atom. The Hall–Kier alpha value is 0.640. The van der Waals surface area contributed by atoms with E-state index in [2.05, 4.69) is 62.3 Å². The summed E-state index contributed by atoms with van der Waals surface area (Å²) in [5.74, 6) is 0. The van der Waals surface area contributed by atoms with E-state index in [1.165, 1.54) is 0 Å². The summed E-state index contributed by atoms with van der Waals surface area (Å²) >= 11 is 0. The van der Waals surface area contributed by atoms with Crippen molar-refractivity contribution in [1.29, 1.82) is 0 Å². The van der Waals surface area contributed by atoms with E-state index in [9.17, 15) is 0 Å². The Labute approximate surface area is 96.6 Å². The van der Waals surface area contributed by atoms with Crippen molar-refractivity contribution >= 4 is 19.9 Å². The van der Waals surface area contributed by atoms with E-state index in [0.717, 1.165) is 0 Å². The highest BCUT2D eigenvalue weighted by atomic mass is 35.7. The summed E-state index contributed by atoms with van der Waals surface area (Å²) in [6.07, 6.45) is 0. The normalized spacial score (nSPS) is 17.0. The SMILES string of the molecule is CC(C)(C)S(Cl)(C(C)(C)C)C(C)(C)C. The van der Waals surface area contributed by atoms with Gasteiger partial charge in [-0.1, -0.05) is 73.0 Å². The maximum absolute atomic E-state index is 7.05. The van der Waals surface area contributed by atoms with Gasteiger partial charge in [0.25, 0.3) is 0 Å². The molecule has 0 bridgehead atoms. The molecule has 0 aromatic carbocycles. The highest BCUT2D eigenvalue weighted by molar-refractivity contribution is 8.53. The Balaban J connectivity index is 5.54. The molecule has 0 N–H and O–H groups in total. The smallest absolute Gasteiger partial charge is 0.00518 e. The average molecular weight is 239 g/mol. The number of hydrogen-bond acceptors (Lipinski definition) is 0. The molecular weight excluding hydrogens is 212 g/mol. The summed E-state index contributed by atoms with van der Waals surface area (Å²) in [5, 5.41) is 0. The van der Waals surface area contributed by atoms with Crippen LogP contribution in [-0.2, 0) is 0 Å². The maximum atomic E-state index is 7.05. The van der Waals surface area contributed by atoms with Gasteiger partial charge in [0.05, 0.1) is 0 Å². The van der Waals surface area contributed by atoms with Crippen molar-refractivity contribution in [3.05, 3.63) is 0 Å². The van der Waals surface area contributed by atoms with Crippen molar-refractivity contribution in [2.75, 3.05) is 0 Å². The second kappa shape index (κ2) is 3.59. The maximum Gasteiger partial charge on any atom is 0.00518 e. The molecule has 88 valence electrons. The first-order valence-electron chi connectivity index (χ1n) is 5.27. The Bertz CT molecular complexity index is 164. The van der Waals surface area contributed by atoms with Crippen LogP contribution in [0.4, 0.5) is 0 Å². The minimum Gasteiger partial charge on any atom is -0.148 e. The fraction of sp³-hybridized carbons (Fsp3) is 1.00. The Kier molecular flexibility index (Phi) is 3.75. The van der Waals surface area contributed by atoms with E-state index in [0.29, 0.717) is 0 Å². The second-order valence-corrected chi connectivity index (χ2v) is 13.0. The van der Waals surface area contributed by atoms with Gasteiger partial charge < -0.3 is 0 Å². The van der Waals surface area contributed by atoms with Gasteiger partial charge in [-0.15, -0.1) is 9.24 Å². The van der Waals surface area contributed by atoms with Gasteiger partial charge in [-0.3, -0.25) is 0 Å². The number of halogens is 1. The molecule has 0 heterocycles. The monoisotopic (exact) mass is 238 g/mol. The van der Waals surface area contributed by atoms with E-state index in [1.807, 2.05) is 0 Å². The summed E-state index contributed by atoms with van der Waals surface area (Å²) in [7, 11) is 5.84. The van der Waals surface area contributed by atoms with Crippen LogP contribution in [0.3, 0.4) is 0 Å². The molecule has 0 radical (unpaired) electrons. The summed E-state index contributed by atoms with van der Waals surface area (Å²) < 4.78 is 0.515. The molecule has 0 fully saturated rings. The van der Waals surface area contributed by atoms with Crippen LogP contribution in [0.1, 0.15) is 62.3 Å². The van der Waals surface area contributed by atoms with Crippen LogP contribution >= 0.6 is 19.9 Å². The fourth-order valence-electron chi connectivity index (χ4n) is 2.76. The lowest BCUT2D eigenvalue weighted by Gasteiger charge is -2.61. The Morgan fingerprint density at radius 2 is 0.714 bits per heavy atom. The van der Waals surface area contributed by atoms with Gasteiger partial charge in [-0.2, -0.15) is 0 Å². The van der Waals surface area contributed by atoms with Gasteiger partial charge in [0.1, 0.15) is 0 Å². The van der Waals surface area contributed by atoms with Crippen molar-refractivity contribution < 1.29 is 0 Å². The second-order valence-electron chi connectivity index (χ2n) is 6.87. The van der Waals surface area contributed by atoms with Gasteiger partial charge >= 0.3 is 0 Å². The molecule has 0 aromatic heterocycles. The minimum absolute atomic E-state index is 0.172. The fourth-order valence-corrected chi connectivity index (χ4v) is 8.27. The van der Waals surface area contributed by atoms with E-state index < -0.39 is 9.24 Å². The van der Waals surface area contributed by atoms with Crippen LogP contribution in [0.2, 0.25) is 0 Å². The van der Waals surface area contributed by atoms with Gasteiger partial charge in [0, 0.05) is 14.2 Å². The molecule has 0 saturated carbocycles. The van der Waals surface area contributed by atoms with Crippen molar-refractivity contribution in [3.8, 4) is 0 Å². The third kappa shape index (κ3) is 2.24. The quantitative estimate of drug-likeness (QED) is 0.535. The largest absolute Gasteiger partial charge is 0.148 e. The topological polar surface area (TPSA) is 0 Å². The van der Waals surface area contributed by atoms with Gasteiger partial charge in [-0.25, -0.2) is 0 Å². The van der Waals surface area contributed by atoms with Crippen LogP contribution in [0.5, 0.6) is 0 Å². The lowest BCUT2D eigenvalue weighted by molar-refractivity contribution is 0.661. The lowest BCUT2D eigenvalue weighted by Crippen LogP contribution is -2.44. The molecule has 0 atom stereocenters. The Morgan fingerprint density at radius 3 is 0.714 bits per heavy atom. The molecule has 0 saturated heterocycles. The summed E-state index contributed by atoms with van der Waals surface area (Å²) in [6.45, 7) is 20.4. The molecule has 0 aliphatic heterocycles. The lowest BCUT2D eigenvalue weighted by atomic mass is 10.2. The zero-order valence-corrected chi connectivity index (χ0v) is 12.9.